The summed E-state index contributed by atoms with van der Waals surface area (Å²) in [7, 11) is 0. The third kappa shape index (κ3) is 3.92. The maximum atomic E-state index is 11.8. The Balaban J connectivity index is 1.82. The molecule has 18 heavy (non-hydrogen) atoms. The molecule has 1 aromatic rings. The molecule has 1 aromatic carbocycles. The van der Waals surface area contributed by atoms with Crippen LogP contribution in [0.3, 0.4) is 0 Å². The molecule has 2 rings (SSSR count). The lowest BCUT2D eigenvalue weighted by molar-refractivity contribution is -0.113. The highest BCUT2D eigenvalue weighted by Crippen LogP contribution is 2.29. The molecule has 0 radical (unpaired) electrons. The number of hydrogen-bond donors (Lipinski definition) is 1. The first-order chi connectivity index (χ1) is 8.65. The molecule has 2 nitrogen and oxygen atoms in total. The van der Waals surface area contributed by atoms with Crippen LogP contribution in [0, 0.1) is 6.92 Å². The van der Waals surface area contributed by atoms with E-state index in [2.05, 4.69) is 5.32 Å². The molecule has 1 aliphatic carbocycles. The van der Waals surface area contributed by atoms with Crippen LogP contribution in [0.4, 0.5) is 5.69 Å². The van der Waals surface area contributed by atoms with Gasteiger partial charge in [0.2, 0.25) is 5.91 Å². The average molecular weight is 284 g/mol. The van der Waals surface area contributed by atoms with Gasteiger partial charge in [-0.2, -0.15) is 0 Å². The molecule has 0 aliphatic heterocycles. The normalized spacial score (nSPS) is 15.9. The lowest BCUT2D eigenvalue weighted by atomic mass is 10.2. The summed E-state index contributed by atoms with van der Waals surface area (Å²) in [6.45, 7) is 1.95. The van der Waals surface area contributed by atoms with E-state index < -0.39 is 0 Å². The number of carbonyl (C=O) groups excluding carboxylic acids is 1. The molecule has 0 unspecified atom stereocenters. The SMILES string of the molecule is Cc1cc(Cl)ccc1NC(=O)CSC1CCCC1. The molecule has 0 aromatic heterocycles. The molecule has 0 atom stereocenters. The topological polar surface area (TPSA) is 29.1 Å². The standard InChI is InChI=1S/C14H18ClNOS/c1-10-8-11(15)6-7-13(10)16-14(17)9-18-12-4-2-3-5-12/h6-8,12H,2-5,9H2,1H3,(H,16,17). The Kier molecular flexibility index (Phi) is 4.95. The van der Waals surface area contributed by atoms with Gasteiger partial charge in [-0.15, -0.1) is 11.8 Å². The summed E-state index contributed by atoms with van der Waals surface area (Å²) in [4.78, 5) is 11.8. The predicted octanol–water partition coefficient (Wildman–Crippen LogP) is 4.26. The van der Waals surface area contributed by atoms with Crippen LogP contribution in [0.1, 0.15) is 31.2 Å². The number of aryl methyl sites for hydroxylation is 1. The molecule has 1 fully saturated rings. The molecule has 0 bridgehead atoms. The van der Waals surface area contributed by atoms with Gasteiger partial charge in [0.1, 0.15) is 0 Å². The first-order valence-corrected chi connectivity index (χ1v) is 7.75. The Morgan fingerprint density at radius 2 is 2.17 bits per heavy atom. The summed E-state index contributed by atoms with van der Waals surface area (Å²) in [6, 6.07) is 5.52. The number of rotatable bonds is 4. The Hall–Kier alpha value is -0.670. The molecule has 1 N–H and O–H groups in total. The number of benzene rings is 1. The van der Waals surface area contributed by atoms with Gasteiger partial charge in [0.25, 0.3) is 0 Å². The predicted molar refractivity (Wildman–Crippen MR) is 79.5 cm³/mol. The first kappa shape index (κ1) is 13.8. The minimum atomic E-state index is 0.0809. The number of amides is 1. The van der Waals surface area contributed by atoms with Gasteiger partial charge >= 0.3 is 0 Å². The lowest BCUT2D eigenvalue weighted by Crippen LogP contribution is -2.16. The average Bonchev–Trinajstić information content (AvgIpc) is 2.83. The molecule has 1 saturated carbocycles. The summed E-state index contributed by atoms with van der Waals surface area (Å²) >= 11 is 7.67. The number of carbonyl (C=O) groups is 1. The van der Waals surface area contributed by atoms with Crippen LogP contribution in [0.5, 0.6) is 0 Å². The number of nitrogens with one attached hydrogen (secondary N) is 1. The third-order valence-electron chi connectivity index (χ3n) is 3.21. The van der Waals surface area contributed by atoms with Crippen LogP contribution in [-0.4, -0.2) is 16.9 Å². The smallest absolute Gasteiger partial charge is 0.234 e. The van der Waals surface area contributed by atoms with Gasteiger partial charge in [0, 0.05) is 16.0 Å². The van der Waals surface area contributed by atoms with Gasteiger partial charge in [-0.1, -0.05) is 24.4 Å². The van der Waals surface area contributed by atoms with Crippen LogP contribution in [0.2, 0.25) is 5.02 Å². The lowest BCUT2D eigenvalue weighted by Gasteiger charge is -2.11. The van der Waals surface area contributed by atoms with Crippen molar-refractivity contribution in [1.82, 2.24) is 0 Å². The molecule has 0 spiro atoms. The zero-order valence-electron chi connectivity index (χ0n) is 10.5. The van der Waals surface area contributed by atoms with E-state index in [0.717, 1.165) is 11.3 Å². The zero-order valence-corrected chi connectivity index (χ0v) is 12.1. The van der Waals surface area contributed by atoms with Gasteiger partial charge in [0.05, 0.1) is 5.75 Å². The van der Waals surface area contributed by atoms with E-state index >= 15 is 0 Å². The fourth-order valence-electron chi connectivity index (χ4n) is 2.20. The first-order valence-electron chi connectivity index (χ1n) is 6.33. The van der Waals surface area contributed by atoms with Crippen molar-refractivity contribution in [2.45, 2.75) is 37.9 Å². The van der Waals surface area contributed by atoms with E-state index in [1.165, 1.54) is 25.7 Å². The fraction of sp³-hybridized carbons (Fsp3) is 0.500. The van der Waals surface area contributed by atoms with Crippen molar-refractivity contribution >= 4 is 35.0 Å². The monoisotopic (exact) mass is 283 g/mol. The Bertz CT molecular complexity index is 430. The van der Waals surface area contributed by atoms with Gasteiger partial charge in [-0.05, 0) is 43.5 Å². The highest BCUT2D eigenvalue weighted by atomic mass is 35.5. The summed E-state index contributed by atoms with van der Waals surface area (Å²) in [5.74, 6) is 0.629. The van der Waals surface area contributed by atoms with Gasteiger partial charge in [-0.25, -0.2) is 0 Å². The number of anilines is 1. The summed E-state index contributed by atoms with van der Waals surface area (Å²) in [5, 5.41) is 4.33. The highest BCUT2D eigenvalue weighted by molar-refractivity contribution is 8.00. The van der Waals surface area contributed by atoms with Crippen molar-refractivity contribution in [1.29, 1.82) is 0 Å². The molecular formula is C14H18ClNOS. The van der Waals surface area contributed by atoms with Crippen molar-refractivity contribution in [3.05, 3.63) is 28.8 Å². The number of halogens is 1. The van der Waals surface area contributed by atoms with Crippen LogP contribution < -0.4 is 5.32 Å². The summed E-state index contributed by atoms with van der Waals surface area (Å²) in [5.41, 5.74) is 1.86. The summed E-state index contributed by atoms with van der Waals surface area (Å²) < 4.78 is 0. The Morgan fingerprint density at radius 1 is 1.44 bits per heavy atom. The van der Waals surface area contributed by atoms with Crippen molar-refractivity contribution in [3.8, 4) is 0 Å². The summed E-state index contributed by atoms with van der Waals surface area (Å²) in [6.07, 6.45) is 5.15. The second kappa shape index (κ2) is 6.48. The van der Waals surface area contributed by atoms with Crippen LogP contribution in [0.25, 0.3) is 0 Å². The number of hydrogen-bond acceptors (Lipinski definition) is 2. The quantitative estimate of drug-likeness (QED) is 0.894. The van der Waals surface area contributed by atoms with Crippen LogP contribution in [-0.2, 0) is 4.79 Å². The van der Waals surface area contributed by atoms with Crippen molar-refractivity contribution < 1.29 is 4.79 Å². The molecule has 0 heterocycles. The van der Waals surface area contributed by atoms with Gasteiger partial charge < -0.3 is 5.32 Å². The minimum Gasteiger partial charge on any atom is -0.325 e. The van der Waals surface area contributed by atoms with Gasteiger partial charge in [0.15, 0.2) is 0 Å². The molecule has 1 aliphatic rings. The zero-order chi connectivity index (χ0) is 13.0. The second-order valence-corrected chi connectivity index (χ2v) is 6.45. The molecule has 98 valence electrons. The largest absolute Gasteiger partial charge is 0.325 e. The van der Waals surface area contributed by atoms with Gasteiger partial charge in [-0.3, -0.25) is 4.79 Å². The fourth-order valence-corrected chi connectivity index (χ4v) is 3.55. The van der Waals surface area contributed by atoms with E-state index in [1.807, 2.05) is 19.1 Å². The van der Waals surface area contributed by atoms with Crippen LogP contribution in [0.15, 0.2) is 18.2 Å². The Labute approximate surface area is 117 Å². The maximum Gasteiger partial charge on any atom is 0.234 e. The van der Waals surface area contributed by atoms with E-state index in [4.69, 9.17) is 11.6 Å². The maximum absolute atomic E-state index is 11.8. The molecule has 0 saturated heterocycles. The third-order valence-corrected chi connectivity index (χ3v) is 4.82. The molecule has 1 amide bonds. The van der Waals surface area contributed by atoms with E-state index in [1.54, 1.807) is 17.8 Å². The van der Waals surface area contributed by atoms with E-state index in [9.17, 15) is 4.79 Å². The van der Waals surface area contributed by atoms with E-state index in [0.29, 0.717) is 16.0 Å². The minimum absolute atomic E-state index is 0.0809. The van der Waals surface area contributed by atoms with Crippen molar-refractivity contribution in [2.75, 3.05) is 11.1 Å². The second-order valence-electron chi connectivity index (χ2n) is 4.72. The van der Waals surface area contributed by atoms with E-state index in [-0.39, 0.29) is 5.91 Å². The highest BCUT2D eigenvalue weighted by Gasteiger charge is 2.16. The van der Waals surface area contributed by atoms with Crippen molar-refractivity contribution in [3.63, 3.8) is 0 Å². The number of thioether (sulfide) groups is 1. The Morgan fingerprint density at radius 3 is 2.83 bits per heavy atom. The van der Waals surface area contributed by atoms with Crippen molar-refractivity contribution in [2.24, 2.45) is 0 Å². The van der Waals surface area contributed by atoms with Crippen LogP contribution >= 0.6 is 23.4 Å². The molecular weight excluding hydrogens is 266 g/mol. The molecule has 4 heteroatoms.